The van der Waals surface area contributed by atoms with Crippen molar-refractivity contribution in [2.45, 2.75) is 31.4 Å². The van der Waals surface area contributed by atoms with Crippen LogP contribution in [-0.2, 0) is 6.61 Å². The molecule has 1 aromatic rings. The summed E-state index contributed by atoms with van der Waals surface area (Å²) in [6, 6.07) is 1.87. The summed E-state index contributed by atoms with van der Waals surface area (Å²) in [4.78, 5) is 8.82. The maximum atomic E-state index is 9.26. The van der Waals surface area contributed by atoms with Gasteiger partial charge in [-0.1, -0.05) is 11.6 Å². The Hall–Kier alpha value is -0.840. The van der Waals surface area contributed by atoms with Crippen LogP contribution in [0.15, 0.2) is 12.3 Å². The van der Waals surface area contributed by atoms with Crippen molar-refractivity contribution in [2.75, 3.05) is 32.6 Å². The van der Waals surface area contributed by atoms with Crippen molar-refractivity contribution in [1.29, 1.82) is 0 Å². The minimum absolute atomic E-state index is 0.0545. The van der Waals surface area contributed by atoms with Crippen molar-refractivity contribution < 1.29 is 5.11 Å². The predicted molar refractivity (Wildman–Crippen MR) is 78.7 cm³/mol. The summed E-state index contributed by atoms with van der Waals surface area (Å²) in [6.45, 7) is 0.889. The molecule has 0 unspecified atom stereocenters. The monoisotopic (exact) mass is 283 g/mol. The highest BCUT2D eigenvalue weighted by atomic mass is 35.5. The molecule has 5 heteroatoms. The number of aromatic nitrogens is 1. The third kappa shape index (κ3) is 2.86. The topological polar surface area (TPSA) is 39.6 Å². The van der Waals surface area contributed by atoms with Gasteiger partial charge in [0.2, 0.25) is 0 Å². The maximum Gasteiger partial charge on any atom is 0.128 e. The normalized spacial score (nSPS) is 17.4. The Labute approximate surface area is 120 Å². The van der Waals surface area contributed by atoms with Gasteiger partial charge in [-0.15, -0.1) is 0 Å². The van der Waals surface area contributed by atoms with Gasteiger partial charge in [0.25, 0.3) is 0 Å². The first-order valence-corrected chi connectivity index (χ1v) is 7.00. The second kappa shape index (κ2) is 5.65. The maximum absolute atomic E-state index is 9.26. The molecule has 0 bridgehead atoms. The lowest BCUT2D eigenvalue weighted by atomic mass is 9.75. The van der Waals surface area contributed by atoms with E-state index in [1.54, 1.807) is 6.20 Å². The van der Waals surface area contributed by atoms with Gasteiger partial charge in [0.1, 0.15) is 5.82 Å². The zero-order chi connectivity index (χ0) is 14.0. The van der Waals surface area contributed by atoms with E-state index in [1.165, 1.54) is 19.3 Å². The molecule has 0 atom stereocenters. The fraction of sp³-hybridized carbons (Fsp3) is 0.643. The van der Waals surface area contributed by atoms with Crippen LogP contribution in [0.5, 0.6) is 0 Å². The van der Waals surface area contributed by atoms with Gasteiger partial charge in [0.15, 0.2) is 0 Å². The van der Waals surface area contributed by atoms with Crippen molar-refractivity contribution in [3.8, 4) is 0 Å². The highest BCUT2D eigenvalue weighted by molar-refractivity contribution is 6.31. The average Bonchev–Trinajstić information content (AvgIpc) is 2.33. The zero-order valence-electron chi connectivity index (χ0n) is 11.9. The van der Waals surface area contributed by atoms with Crippen LogP contribution >= 0.6 is 11.6 Å². The quantitative estimate of drug-likeness (QED) is 0.899. The molecule has 4 nitrogen and oxygen atoms in total. The summed E-state index contributed by atoms with van der Waals surface area (Å²) in [5, 5.41) is 9.78. The van der Waals surface area contributed by atoms with Crippen LogP contribution in [0, 0.1) is 0 Å². The second-order valence-corrected chi connectivity index (χ2v) is 6.03. The van der Waals surface area contributed by atoms with E-state index in [-0.39, 0.29) is 12.1 Å². The van der Waals surface area contributed by atoms with Gasteiger partial charge in [0.05, 0.1) is 11.6 Å². The Morgan fingerprint density at radius 3 is 2.53 bits per heavy atom. The van der Waals surface area contributed by atoms with E-state index >= 15 is 0 Å². The number of pyridine rings is 1. The van der Waals surface area contributed by atoms with E-state index in [4.69, 9.17) is 11.6 Å². The SMILES string of the molecule is CN(CC1(N(C)C)CCC1)c1cc(CO)c(Cl)cn1. The van der Waals surface area contributed by atoms with Gasteiger partial charge in [-0.05, 0) is 39.4 Å². The lowest BCUT2D eigenvalue weighted by molar-refractivity contribution is 0.0682. The van der Waals surface area contributed by atoms with Crippen LogP contribution in [0.2, 0.25) is 5.02 Å². The third-order valence-corrected chi connectivity index (χ3v) is 4.59. The van der Waals surface area contributed by atoms with E-state index in [0.29, 0.717) is 5.02 Å². The van der Waals surface area contributed by atoms with Crippen LogP contribution in [-0.4, -0.2) is 48.2 Å². The van der Waals surface area contributed by atoms with Gasteiger partial charge in [-0.2, -0.15) is 0 Å². The Balaban J connectivity index is 2.13. The molecule has 0 amide bonds. The molecule has 1 fully saturated rings. The third-order valence-electron chi connectivity index (χ3n) is 4.25. The highest BCUT2D eigenvalue weighted by Crippen LogP contribution is 2.37. The number of aliphatic hydroxyl groups excluding tert-OH is 1. The molecule has 1 N–H and O–H groups in total. The number of halogens is 1. The number of anilines is 1. The summed E-state index contributed by atoms with van der Waals surface area (Å²) < 4.78 is 0. The molecule has 0 radical (unpaired) electrons. The molecule has 2 rings (SSSR count). The molecule has 0 spiro atoms. The molecule has 1 saturated carbocycles. The lowest BCUT2D eigenvalue weighted by Gasteiger charge is -2.49. The molecule has 1 aliphatic rings. The van der Waals surface area contributed by atoms with E-state index in [2.05, 4.69) is 28.9 Å². The van der Waals surface area contributed by atoms with Crippen molar-refractivity contribution in [3.05, 3.63) is 22.8 Å². The van der Waals surface area contributed by atoms with Crippen LogP contribution in [0.1, 0.15) is 24.8 Å². The Morgan fingerprint density at radius 2 is 2.05 bits per heavy atom. The molecular weight excluding hydrogens is 262 g/mol. The molecule has 106 valence electrons. The molecule has 0 aliphatic heterocycles. The lowest BCUT2D eigenvalue weighted by Crippen LogP contribution is -2.56. The van der Waals surface area contributed by atoms with E-state index in [1.807, 2.05) is 13.1 Å². The van der Waals surface area contributed by atoms with Gasteiger partial charge in [-0.3, -0.25) is 0 Å². The first-order chi connectivity index (χ1) is 8.98. The van der Waals surface area contributed by atoms with Gasteiger partial charge in [-0.25, -0.2) is 4.98 Å². The van der Waals surface area contributed by atoms with Crippen molar-refractivity contribution in [1.82, 2.24) is 9.88 Å². The van der Waals surface area contributed by atoms with E-state index < -0.39 is 0 Å². The Morgan fingerprint density at radius 1 is 1.37 bits per heavy atom. The van der Waals surface area contributed by atoms with E-state index in [0.717, 1.165) is 17.9 Å². The summed E-state index contributed by atoms with van der Waals surface area (Å²) in [5.41, 5.74) is 0.987. The molecular formula is C14H22ClN3O. The molecule has 1 heterocycles. The second-order valence-electron chi connectivity index (χ2n) is 5.62. The summed E-state index contributed by atoms with van der Waals surface area (Å²) in [6.07, 6.45) is 5.36. The molecule has 0 aromatic carbocycles. The minimum Gasteiger partial charge on any atom is -0.392 e. The molecule has 0 saturated heterocycles. The first-order valence-electron chi connectivity index (χ1n) is 6.62. The summed E-state index contributed by atoms with van der Waals surface area (Å²) >= 11 is 5.97. The molecule has 1 aromatic heterocycles. The standard InChI is InChI=1S/C14H22ClN3O/c1-17(2)14(5-4-6-14)10-18(3)13-7-11(9-19)12(15)8-16-13/h7-8,19H,4-6,9-10H2,1-3H3. The fourth-order valence-electron chi connectivity index (χ4n) is 2.65. The van der Waals surface area contributed by atoms with Crippen LogP contribution in [0.25, 0.3) is 0 Å². The van der Waals surface area contributed by atoms with Crippen LogP contribution < -0.4 is 4.90 Å². The van der Waals surface area contributed by atoms with Crippen molar-refractivity contribution in [2.24, 2.45) is 0 Å². The summed E-state index contributed by atoms with van der Waals surface area (Å²) in [5.74, 6) is 0.863. The van der Waals surface area contributed by atoms with Crippen LogP contribution in [0.4, 0.5) is 5.82 Å². The number of rotatable bonds is 5. The average molecular weight is 284 g/mol. The van der Waals surface area contributed by atoms with Crippen molar-refractivity contribution in [3.63, 3.8) is 0 Å². The Kier molecular flexibility index (Phi) is 4.33. The largest absolute Gasteiger partial charge is 0.392 e. The van der Waals surface area contributed by atoms with Crippen molar-refractivity contribution >= 4 is 17.4 Å². The van der Waals surface area contributed by atoms with E-state index in [9.17, 15) is 5.11 Å². The first kappa shape index (κ1) is 14.6. The molecule has 19 heavy (non-hydrogen) atoms. The minimum atomic E-state index is -0.0545. The fourth-order valence-corrected chi connectivity index (χ4v) is 2.81. The van der Waals surface area contributed by atoms with Gasteiger partial charge < -0.3 is 14.9 Å². The zero-order valence-corrected chi connectivity index (χ0v) is 12.6. The number of nitrogens with zero attached hydrogens (tertiary/aromatic N) is 3. The summed E-state index contributed by atoms with van der Waals surface area (Å²) in [7, 11) is 6.32. The predicted octanol–water partition coefficient (Wildman–Crippen LogP) is 2.15. The number of hydrogen-bond donors (Lipinski definition) is 1. The van der Waals surface area contributed by atoms with Crippen LogP contribution in [0.3, 0.4) is 0 Å². The Bertz CT molecular complexity index is 446. The van der Waals surface area contributed by atoms with Gasteiger partial charge >= 0.3 is 0 Å². The van der Waals surface area contributed by atoms with Gasteiger partial charge in [0, 0.05) is 30.9 Å². The number of hydrogen-bond acceptors (Lipinski definition) is 4. The highest BCUT2D eigenvalue weighted by Gasteiger charge is 2.40. The molecule has 1 aliphatic carbocycles. The number of likely N-dealkylation sites (N-methyl/N-ethyl adjacent to an activating group) is 2. The number of aliphatic hydroxyl groups is 1. The smallest absolute Gasteiger partial charge is 0.128 e.